The van der Waals surface area contributed by atoms with Gasteiger partial charge in [-0.2, -0.15) is 0 Å². The van der Waals surface area contributed by atoms with E-state index in [9.17, 15) is 9.59 Å². The predicted octanol–water partition coefficient (Wildman–Crippen LogP) is 3.59. The maximum atomic E-state index is 12.5. The minimum atomic E-state index is -0.646. The maximum absolute atomic E-state index is 12.5. The van der Waals surface area contributed by atoms with E-state index < -0.39 is 18.5 Å². The molecule has 0 aliphatic carbocycles. The Bertz CT molecular complexity index is 1050. The van der Waals surface area contributed by atoms with Gasteiger partial charge in [0.05, 0.1) is 6.54 Å². The molecule has 1 N–H and O–H groups in total. The normalized spacial score (nSPS) is 14.4. The molecule has 1 aliphatic rings. The van der Waals surface area contributed by atoms with Gasteiger partial charge >= 0.3 is 5.97 Å². The van der Waals surface area contributed by atoms with Crippen molar-refractivity contribution in [3.63, 3.8) is 0 Å². The van der Waals surface area contributed by atoms with Crippen LogP contribution < -0.4 is 19.5 Å². The smallest absolute Gasteiger partial charge is 0.342 e. The standard InChI is InChI=1S/C24H21NO6/c26-23(25-14-18-15-28-21-12-6-7-13-22(21)31-18)16-29-24(27)19-10-4-5-11-20(19)30-17-8-2-1-3-9-17/h1-13,18H,14-16H2,(H,25,26). The molecule has 1 heterocycles. The molecule has 0 radical (unpaired) electrons. The second-order valence-electron chi connectivity index (χ2n) is 6.79. The summed E-state index contributed by atoms with van der Waals surface area (Å²) in [6.45, 7) is 0.141. The number of hydrogen-bond acceptors (Lipinski definition) is 6. The highest BCUT2D eigenvalue weighted by Crippen LogP contribution is 2.30. The monoisotopic (exact) mass is 419 g/mol. The highest BCUT2D eigenvalue weighted by molar-refractivity contribution is 5.94. The van der Waals surface area contributed by atoms with Crippen molar-refractivity contribution >= 4 is 11.9 Å². The van der Waals surface area contributed by atoms with Crippen LogP contribution in [-0.2, 0) is 9.53 Å². The van der Waals surface area contributed by atoms with Gasteiger partial charge in [0.25, 0.3) is 5.91 Å². The number of fused-ring (bicyclic) bond motifs is 1. The van der Waals surface area contributed by atoms with E-state index in [0.717, 1.165) is 0 Å². The third kappa shape index (κ3) is 5.33. The van der Waals surface area contributed by atoms with Crippen LogP contribution in [0.15, 0.2) is 78.9 Å². The van der Waals surface area contributed by atoms with E-state index in [1.54, 1.807) is 42.5 Å². The summed E-state index contributed by atoms with van der Waals surface area (Å²) >= 11 is 0. The van der Waals surface area contributed by atoms with Gasteiger partial charge in [0, 0.05) is 0 Å². The van der Waals surface area contributed by atoms with Crippen molar-refractivity contribution in [3.05, 3.63) is 84.4 Å². The van der Waals surface area contributed by atoms with Crippen molar-refractivity contribution in [3.8, 4) is 23.0 Å². The van der Waals surface area contributed by atoms with Gasteiger partial charge in [0.2, 0.25) is 0 Å². The van der Waals surface area contributed by atoms with Gasteiger partial charge in [-0.3, -0.25) is 4.79 Å². The average molecular weight is 419 g/mol. The first-order valence-electron chi connectivity index (χ1n) is 9.83. The Labute approximate surface area is 179 Å². The molecule has 1 amide bonds. The number of nitrogens with one attached hydrogen (secondary N) is 1. The Balaban J connectivity index is 1.27. The molecule has 1 aliphatic heterocycles. The molecule has 0 bridgehead atoms. The van der Waals surface area contributed by atoms with E-state index in [-0.39, 0.29) is 18.2 Å². The molecule has 3 aromatic rings. The minimum Gasteiger partial charge on any atom is -0.486 e. The average Bonchev–Trinajstić information content (AvgIpc) is 2.82. The van der Waals surface area contributed by atoms with Gasteiger partial charge < -0.3 is 24.3 Å². The lowest BCUT2D eigenvalue weighted by Crippen LogP contribution is -2.42. The number of hydrogen-bond donors (Lipinski definition) is 1. The summed E-state index contributed by atoms with van der Waals surface area (Å²) in [6.07, 6.45) is -0.324. The molecule has 3 aromatic carbocycles. The molecule has 1 unspecified atom stereocenters. The molecule has 158 valence electrons. The summed E-state index contributed by atoms with van der Waals surface area (Å²) in [4.78, 5) is 24.6. The van der Waals surface area contributed by atoms with Crippen molar-refractivity contribution < 1.29 is 28.5 Å². The number of benzene rings is 3. The van der Waals surface area contributed by atoms with Gasteiger partial charge in [-0.1, -0.05) is 42.5 Å². The number of para-hydroxylation sites is 4. The molecule has 0 spiro atoms. The molecule has 7 nitrogen and oxygen atoms in total. The van der Waals surface area contributed by atoms with Crippen LogP contribution in [0.3, 0.4) is 0 Å². The lowest BCUT2D eigenvalue weighted by molar-refractivity contribution is -0.124. The van der Waals surface area contributed by atoms with Crippen molar-refractivity contribution in [2.24, 2.45) is 0 Å². The molecule has 7 heteroatoms. The van der Waals surface area contributed by atoms with Crippen molar-refractivity contribution in [1.82, 2.24) is 5.32 Å². The van der Waals surface area contributed by atoms with E-state index in [4.69, 9.17) is 18.9 Å². The van der Waals surface area contributed by atoms with Crippen LogP contribution in [0.5, 0.6) is 23.0 Å². The Morgan fingerprint density at radius 1 is 0.903 bits per heavy atom. The number of esters is 1. The molecule has 0 aromatic heterocycles. The predicted molar refractivity (Wildman–Crippen MR) is 113 cm³/mol. The van der Waals surface area contributed by atoms with E-state index in [2.05, 4.69) is 5.32 Å². The van der Waals surface area contributed by atoms with E-state index >= 15 is 0 Å². The van der Waals surface area contributed by atoms with E-state index in [1.807, 2.05) is 36.4 Å². The van der Waals surface area contributed by atoms with Crippen LogP contribution in [0.25, 0.3) is 0 Å². The topological polar surface area (TPSA) is 83.1 Å². The summed E-state index contributed by atoms with van der Waals surface area (Å²) in [5.41, 5.74) is 0.236. The Morgan fingerprint density at radius 3 is 2.45 bits per heavy atom. The van der Waals surface area contributed by atoms with Gasteiger partial charge in [-0.15, -0.1) is 0 Å². The fourth-order valence-electron chi connectivity index (χ4n) is 2.99. The second-order valence-corrected chi connectivity index (χ2v) is 6.79. The number of carbonyl (C=O) groups excluding carboxylic acids is 2. The zero-order valence-electron chi connectivity index (χ0n) is 16.7. The Morgan fingerprint density at radius 2 is 1.61 bits per heavy atom. The highest BCUT2D eigenvalue weighted by Gasteiger charge is 2.21. The first-order chi connectivity index (χ1) is 15.2. The summed E-state index contributed by atoms with van der Waals surface area (Å²) in [5, 5.41) is 2.69. The SMILES string of the molecule is O=C(COC(=O)c1ccccc1Oc1ccccc1)NCC1COc2ccccc2O1. The van der Waals surface area contributed by atoms with Gasteiger partial charge in [0.15, 0.2) is 18.1 Å². The van der Waals surface area contributed by atoms with Crippen LogP contribution in [0.2, 0.25) is 0 Å². The quantitative estimate of drug-likeness (QED) is 0.590. The first kappa shape index (κ1) is 20.3. The first-order valence-corrected chi connectivity index (χ1v) is 9.83. The van der Waals surface area contributed by atoms with Gasteiger partial charge in [0.1, 0.15) is 29.8 Å². The molecule has 0 saturated carbocycles. The molecular weight excluding hydrogens is 398 g/mol. The number of carbonyl (C=O) groups is 2. The second kappa shape index (κ2) is 9.67. The summed E-state index contributed by atoms with van der Waals surface area (Å²) in [5.74, 6) is 1.18. The fraction of sp³-hybridized carbons (Fsp3) is 0.167. The number of rotatable bonds is 7. The van der Waals surface area contributed by atoms with Crippen molar-refractivity contribution in [1.29, 1.82) is 0 Å². The Hall–Kier alpha value is -4.00. The van der Waals surface area contributed by atoms with Gasteiger partial charge in [-0.25, -0.2) is 4.79 Å². The summed E-state index contributed by atoms with van der Waals surface area (Å²) in [7, 11) is 0. The van der Waals surface area contributed by atoms with E-state index in [1.165, 1.54) is 0 Å². The molecule has 0 saturated heterocycles. The van der Waals surface area contributed by atoms with E-state index in [0.29, 0.717) is 29.6 Å². The number of amides is 1. The van der Waals surface area contributed by atoms with Crippen LogP contribution in [0, 0.1) is 0 Å². The van der Waals surface area contributed by atoms with Crippen LogP contribution in [-0.4, -0.2) is 37.7 Å². The minimum absolute atomic E-state index is 0.235. The number of ether oxygens (including phenoxy) is 4. The van der Waals surface area contributed by atoms with Crippen molar-refractivity contribution in [2.75, 3.05) is 19.8 Å². The summed E-state index contributed by atoms with van der Waals surface area (Å²) < 4.78 is 22.3. The third-order valence-corrected chi connectivity index (χ3v) is 4.51. The lowest BCUT2D eigenvalue weighted by atomic mass is 10.2. The highest BCUT2D eigenvalue weighted by atomic mass is 16.6. The summed E-state index contributed by atoms with van der Waals surface area (Å²) in [6, 6.07) is 23.2. The largest absolute Gasteiger partial charge is 0.486 e. The zero-order valence-corrected chi connectivity index (χ0v) is 16.7. The maximum Gasteiger partial charge on any atom is 0.342 e. The van der Waals surface area contributed by atoms with Crippen LogP contribution in [0.4, 0.5) is 0 Å². The molecular formula is C24H21NO6. The molecule has 4 rings (SSSR count). The zero-order chi connectivity index (χ0) is 21.5. The van der Waals surface area contributed by atoms with Crippen LogP contribution >= 0.6 is 0 Å². The van der Waals surface area contributed by atoms with Gasteiger partial charge in [-0.05, 0) is 36.4 Å². The van der Waals surface area contributed by atoms with Crippen molar-refractivity contribution in [2.45, 2.75) is 6.10 Å². The Kier molecular flexibility index (Phi) is 6.32. The molecule has 1 atom stereocenters. The third-order valence-electron chi connectivity index (χ3n) is 4.51. The lowest BCUT2D eigenvalue weighted by Gasteiger charge is -2.26. The molecule has 31 heavy (non-hydrogen) atoms. The fourth-order valence-corrected chi connectivity index (χ4v) is 2.99. The van der Waals surface area contributed by atoms with Crippen LogP contribution in [0.1, 0.15) is 10.4 Å². The molecule has 0 fully saturated rings.